The topological polar surface area (TPSA) is 270 Å². The maximum absolute atomic E-state index is 12.6. The van der Waals surface area contributed by atoms with E-state index < -0.39 is 28.6 Å². The number of anilines is 2. The van der Waals surface area contributed by atoms with Crippen molar-refractivity contribution in [2.75, 3.05) is 50.4 Å². The minimum Gasteiger partial charge on any atom is -0.379 e. The molecule has 2 aromatic heterocycles. The Morgan fingerprint density at radius 3 is 2.00 bits per heavy atom. The zero-order chi connectivity index (χ0) is 42.6. The molecule has 0 fully saturated rings. The summed E-state index contributed by atoms with van der Waals surface area (Å²) in [4.78, 5) is 96.2. The average Bonchev–Trinajstić information content (AvgIpc) is 3.52. The first-order valence-corrected chi connectivity index (χ1v) is 18.4. The van der Waals surface area contributed by atoms with Crippen LogP contribution >= 0.6 is 0 Å². The molecule has 1 unspecified atom stereocenters. The summed E-state index contributed by atoms with van der Waals surface area (Å²) in [5.41, 5.74) is 6.58. The van der Waals surface area contributed by atoms with Gasteiger partial charge in [0, 0.05) is 67.8 Å². The zero-order valence-electron chi connectivity index (χ0n) is 33.4. The molecule has 3 aromatic rings. The standard InChI is InChI=1S/C35H46N10O8.C2H6.CH2O/c1-34(2,3)35(4,53-19-16-38-26(47)13-17-45-27(48)11-12-28(45)49)52-18-15-37-25(46)6-5-14-39-31(50)22-7-9-23(10-8-22)40-20-24-21-41-30-29(42-24)32(51)44-33(36)43-30;2*1-2/h7-12,21,40H,5-6,13-20H2,1-4H3,(H,37,46)(H,38,47)(H,39,50)(H3,36,41,43,44,51);1-2H3;1H2. The minimum absolute atomic E-state index is 0.00260. The Morgan fingerprint density at radius 2 is 1.42 bits per heavy atom. The molecule has 3 heterocycles. The number of imide groups is 1. The van der Waals surface area contributed by atoms with E-state index in [1.807, 2.05) is 41.4 Å². The van der Waals surface area contributed by atoms with Crippen LogP contribution in [0, 0.1) is 5.41 Å². The number of hydrogen-bond acceptors (Lipinski definition) is 14. The van der Waals surface area contributed by atoms with Crippen molar-refractivity contribution in [1.82, 2.24) is 40.8 Å². The Hall–Kier alpha value is -6.08. The van der Waals surface area contributed by atoms with Crippen molar-refractivity contribution in [2.24, 2.45) is 5.41 Å². The first-order valence-electron chi connectivity index (χ1n) is 18.4. The lowest BCUT2D eigenvalue weighted by atomic mass is 9.86. The Balaban J connectivity index is 0.00000271. The lowest BCUT2D eigenvalue weighted by Crippen LogP contribution is -2.48. The number of aromatic amines is 1. The number of benzene rings is 1. The first-order chi connectivity index (χ1) is 27.1. The molecule has 7 N–H and O–H groups in total. The number of amides is 5. The number of H-pyrrole nitrogens is 1. The van der Waals surface area contributed by atoms with Gasteiger partial charge in [0.25, 0.3) is 23.3 Å². The van der Waals surface area contributed by atoms with Gasteiger partial charge >= 0.3 is 0 Å². The molecule has 0 spiro atoms. The normalized spacial score (nSPS) is 13.1. The van der Waals surface area contributed by atoms with Gasteiger partial charge in [0.2, 0.25) is 17.8 Å². The van der Waals surface area contributed by atoms with Gasteiger partial charge in [-0.05, 0) is 37.6 Å². The van der Waals surface area contributed by atoms with Gasteiger partial charge in [-0.3, -0.25) is 38.7 Å². The van der Waals surface area contributed by atoms with Crippen LogP contribution < -0.4 is 32.6 Å². The summed E-state index contributed by atoms with van der Waals surface area (Å²) in [5.74, 6) is -2.70. The molecule has 0 saturated carbocycles. The van der Waals surface area contributed by atoms with Gasteiger partial charge in [-0.1, -0.05) is 34.6 Å². The molecular formula is C38H54N10O9. The highest BCUT2D eigenvalue weighted by Gasteiger charge is 2.39. The fourth-order valence-corrected chi connectivity index (χ4v) is 4.93. The minimum atomic E-state index is -1.03. The van der Waals surface area contributed by atoms with Crippen molar-refractivity contribution in [3.63, 3.8) is 0 Å². The molecule has 0 aliphatic carbocycles. The summed E-state index contributed by atoms with van der Waals surface area (Å²) in [6.07, 6.45) is 4.48. The number of nitrogens with two attached hydrogens (primary N) is 1. The number of nitrogen functional groups attached to an aromatic ring is 1. The lowest BCUT2D eigenvalue weighted by molar-refractivity contribution is -0.276. The zero-order valence-corrected chi connectivity index (χ0v) is 33.4. The Bertz CT molecular complexity index is 1890. The fourth-order valence-electron chi connectivity index (χ4n) is 4.93. The SMILES string of the molecule is C=O.CC.CC(C)(C)C(C)(OCCNC(=O)CCCNC(=O)c1ccc(NCc2cnc3nc(N)[nH]c(=O)c3n2)cc1)OCCNC(=O)CCN1C(=O)C=CC1=O. The molecule has 0 bridgehead atoms. The first kappa shape index (κ1) is 47.1. The quantitative estimate of drug-likeness (QED) is 0.0572. The number of aromatic nitrogens is 4. The molecule has 19 nitrogen and oxygen atoms in total. The third-order valence-corrected chi connectivity index (χ3v) is 8.40. The van der Waals surface area contributed by atoms with E-state index in [0.717, 1.165) is 10.6 Å². The summed E-state index contributed by atoms with van der Waals surface area (Å²) in [6.45, 7) is 15.0. The van der Waals surface area contributed by atoms with Crippen LogP contribution in [0.4, 0.5) is 11.6 Å². The molecule has 19 heteroatoms. The van der Waals surface area contributed by atoms with E-state index in [9.17, 15) is 28.8 Å². The van der Waals surface area contributed by atoms with E-state index in [4.69, 9.17) is 20.0 Å². The second kappa shape index (κ2) is 23.1. The molecule has 1 aliphatic heterocycles. The van der Waals surface area contributed by atoms with Gasteiger partial charge in [-0.2, -0.15) is 4.98 Å². The van der Waals surface area contributed by atoms with Crippen molar-refractivity contribution in [2.45, 2.75) is 73.1 Å². The molecule has 0 saturated heterocycles. The maximum Gasteiger partial charge on any atom is 0.280 e. The molecule has 5 amide bonds. The van der Waals surface area contributed by atoms with E-state index in [-0.39, 0.29) is 87.1 Å². The Kier molecular flexibility index (Phi) is 19.1. The highest BCUT2D eigenvalue weighted by molar-refractivity contribution is 6.13. The molecular weight excluding hydrogens is 740 g/mol. The van der Waals surface area contributed by atoms with Crippen LogP contribution in [-0.2, 0) is 40.0 Å². The molecule has 57 heavy (non-hydrogen) atoms. The fraction of sp³-hybridized carbons (Fsp3) is 0.474. The molecule has 1 aliphatic rings. The van der Waals surface area contributed by atoms with Crippen molar-refractivity contribution in [1.29, 1.82) is 0 Å². The van der Waals surface area contributed by atoms with Gasteiger partial charge in [-0.15, -0.1) is 0 Å². The van der Waals surface area contributed by atoms with E-state index >= 15 is 0 Å². The second-order valence-corrected chi connectivity index (χ2v) is 13.3. The van der Waals surface area contributed by atoms with Gasteiger partial charge in [0.1, 0.15) is 6.79 Å². The van der Waals surface area contributed by atoms with Crippen LogP contribution in [0.1, 0.15) is 76.9 Å². The largest absolute Gasteiger partial charge is 0.379 e. The van der Waals surface area contributed by atoms with Gasteiger partial charge < -0.3 is 41.3 Å². The van der Waals surface area contributed by atoms with Crippen LogP contribution in [0.5, 0.6) is 0 Å². The number of nitrogens with one attached hydrogen (secondary N) is 5. The van der Waals surface area contributed by atoms with E-state index in [1.54, 1.807) is 31.2 Å². The van der Waals surface area contributed by atoms with Gasteiger partial charge in [0.05, 0.1) is 31.6 Å². The molecule has 4 rings (SSSR count). The molecule has 0 radical (unpaired) electrons. The van der Waals surface area contributed by atoms with Gasteiger partial charge in [0.15, 0.2) is 17.0 Å². The number of hydrogen-bond donors (Lipinski definition) is 6. The van der Waals surface area contributed by atoms with E-state index in [0.29, 0.717) is 24.2 Å². The van der Waals surface area contributed by atoms with E-state index in [2.05, 4.69) is 41.2 Å². The predicted octanol–water partition coefficient (Wildman–Crippen LogP) is 1.60. The van der Waals surface area contributed by atoms with Crippen molar-refractivity contribution in [3.8, 4) is 0 Å². The number of fused-ring (bicyclic) bond motifs is 1. The maximum atomic E-state index is 12.6. The number of carbonyl (C=O) groups is 6. The number of nitrogens with zero attached hydrogens (tertiary/aromatic N) is 4. The summed E-state index contributed by atoms with van der Waals surface area (Å²) >= 11 is 0. The van der Waals surface area contributed by atoms with E-state index in [1.165, 1.54) is 18.3 Å². The highest BCUT2D eigenvalue weighted by atomic mass is 16.7. The number of rotatable bonds is 19. The summed E-state index contributed by atoms with van der Waals surface area (Å²) in [5, 5.41) is 11.5. The van der Waals surface area contributed by atoms with Crippen molar-refractivity contribution >= 4 is 59.1 Å². The monoisotopic (exact) mass is 794 g/mol. The summed E-state index contributed by atoms with van der Waals surface area (Å²) in [6, 6.07) is 6.82. The van der Waals surface area contributed by atoms with Crippen LogP contribution in [0.2, 0.25) is 0 Å². The highest BCUT2D eigenvalue weighted by Crippen LogP contribution is 2.34. The average molecular weight is 795 g/mol. The number of ether oxygens (including phenoxy) is 2. The molecule has 310 valence electrons. The predicted molar refractivity (Wildman–Crippen MR) is 212 cm³/mol. The van der Waals surface area contributed by atoms with Crippen LogP contribution in [0.25, 0.3) is 11.2 Å². The summed E-state index contributed by atoms with van der Waals surface area (Å²) < 4.78 is 12.1. The second-order valence-electron chi connectivity index (χ2n) is 13.3. The lowest BCUT2D eigenvalue weighted by Gasteiger charge is -2.41. The van der Waals surface area contributed by atoms with Crippen LogP contribution in [0.15, 0.2) is 47.4 Å². The van der Waals surface area contributed by atoms with Crippen molar-refractivity contribution in [3.05, 3.63) is 64.2 Å². The Labute approximate surface area is 331 Å². The molecule has 1 aromatic carbocycles. The third kappa shape index (κ3) is 14.8. The third-order valence-electron chi connectivity index (χ3n) is 8.40. The van der Waals surface area contributed by atoms with Crippen LogP contribution in [-0.4, -0.2) is 106 Å². The van der Waals surface area contributed by atoms with Gasteiger partial charge in [-0.25, -0.2) is 9.97 Å². The Morgan fingerprint density at radius 1 is 0.842 bits per heavy atom. The smallest absolute Gasteiger partial charge is 0.280 e. The number of carbonyl (C=O) groups excluding carboxylic acids is 6. The van der Waals surface area contributed by atoms with Crippen molar-refractivity contribution < 1.29 is 38.2 Å². The summed E-state index contributed by atoms with van der Waals surface area (Å²) in [7, 11) is 0. The van der Waals surface area contributed by atoms with Crippen LogP contribution in [0.3, 0.4) is 0 Å². The molecule has 1 atom stereocenters.